The molecule has 0 aromatic heterocycles. The molecule has 7 heteroatoms. The van der Waals surface area contributed by atoms with E-state index in [1.807, 2.05) is 27.7 Å². The lowest BCUT2D eigenvalue weighted by Crippen LogP contribution is -2.48. The van der Waals surface area contributed by atoms with Gasteiger partial charge in [-0.3, -0.25) is 0 Å². The number of rotatable bonds is 8. The Hall–Kier alpha value is -0.893. The molecule has 0 spiro atoms. The highest BCUT2D eigenvalue weighted by atomic mass is 28.4. The Morgan fingerprint density at radius 2 is 1.41 bits per heavy atom. The molecular weight excluding hydrogens is 313 g/mol. The minimum absolute atomic E-state index is 0.0764. The standard InChI is InChI=1S/C15H23F3O3Si/c1-10(2)20-22(19-5,21-11(3)4)7-6-12-8-14(17)15(18)9-13(12)16/h8-11H,6-7H2,1-5H3. The average Bonchev–Trinajstić information content (AvgIpc) is 2.39. The molecule has 0 aliphatic rings. The minimum atomic E-state index is -3.02. The van der Waals surface area contributed by atoms with Gasteiger partial charge in [-0.05, 0) is 45.7 Å². The van der Waals surface area contributed by atoms with Gasteiger partial charge in [-0.25, -0.2) is 13.2 Å². The van der Waals surface area contributed by atoms with Crippen LogP contribution >= 0.6 is 0 Å². The molecule has 0 atom stereocenters. The van der Waals surface area contributed by atoms with E-state index in [0.29, 0.717) is 6.07 Å². The summed E-state index contributed by atoms with van der Waals surface area (Å²) in [6.45, 7) is 7.40. The highest BCUT2D eigenvalue weighted by Gasteiger charge is 2.42. The third-order valence-corrected chi connectivity index (χ3v) is 6.08. The van der Waals surface area contributed by atoms with Gasteiger partial charge < -0.3 is 13.3 Å². The van der Waals surface area contributed by atoms with Gasteiger partial charge in [-0.1, -0.05) is 0 Å². The van der Waals surface area contributed by atoms with Gasteiger partial charge in [-0.2, -0.15) is 0 Å². The summed E-state index contributed by atoms with van der Waals surface area (Å²) in [6, 6.07) is 1.69. The maximum Gasteiger partial charge on any atom is 0.501 e. The van der Waals surface area contributed by atoms with E-state index in [1.54, 1.807) is 0 Å². The van der Waals surface area contributed by atoms with E-state index in [9.17, 15) is 13.2 Å². The van der Waals surface area contributed by atoms with Crippen molar-refractivity contribution >= 4 is 8.80 Å². The first kappa shape index (κ1) is 19.2. The summed E-state index contributed by atoms with van der Waals surface area (Å²) in [5.41, 5.74) is 0.0764. The zero-order chi connectivity index (χ0) is 16.9. The van der Waals surface area contributed by atoms with Gasteiger partial charge >= 0.3 is 8.80 Å². The molecule has 0 amide bonds. The predicted octanol–water partition coefficient (Wildman–Crippen LogP) is 4.08. The van der Waals surface area contributed by atoms with Crippen molar-refractivity contribution in [3.8, 4) is 0 Å². The Labute approximate surface area is 130 Å². The topological polar surface area (TPSA) is 27.7 Å². The second-order valence-corrected chi connectivity index (χ2v) is 8.32. The largest absolute Gasteiger partial charge is 0.501 e. The monoisotopic (exact) mass is 336 g/mol. The summed E-state index contributed by atoms with van der Waals surface area (Å²) >= 11 is 0. The van der Waals surface area contributed by atoms with Crippen molar-refractivity contribution in [3.05, 3.63) is 35.1 Å². The Bertz CT molecular complexity index is 485. The Morgan fingerprint density at radius 3 is 1.86 bits per heavy atom. The zero-order valence-corrected chi connectivity index (χ0v) is 14.6. The number of hydrogen-bond donors (Lipinski definition) is 0. The van der Waals surface area contributed by atoms with Gasteiger partial charge in [0.1, 0.15) is 5.82 Å². The summed E-state index contributed by atoms with van der Waals surface area (Å²) in [5.74, 6) is -3.06. The molecule has 126 valence electrons. The SMILES string of the molecule is CO[Si](CCc1cc(F)c(F)cc1F)(OC(C)C)OC(C)C. The second kappa shape index (κ2) is 8.10. The summed E-state index contributed by atoms with van der Waals surface area (Å²) < 4.78 is 57.1. The van der Waals surface area contributed by atoms with Gasteiger partial charge in [0.05, 0.1) is 0 Å². The van der Waals surface area contributed by atoms with Gasteiger partial charge in [0, 0.05) is 31.4 Å². The van der Waals surface area contributed by atoms with E-state index in [2.05, 4.69) is 0 Å². The molecular formula is C15H23F3O3Si. The van der Waals surface area contributed by atoms with Crippen LogP contribution in [0.2, 0.25) is 6.04 Å². The van der Waals surface area contributed by atoms with Crippen molar-refractivity contribution in [2.45, 2.75) is 52.4 Å². The van der Waals surface area contributed by atoms with E-state index in [0.717, 1.165) is 6.07 Å². The normalized spacial score (nSPS) is 12.5. The number of benzene rings is 1. The van der Waals surface area contributed by atoms with Crippen LogP contribution in [0.5, 0.6) is 0 Å². The quantitative estimate of drug-likeness (QED) is 0.529. The van der Waals surface area contributed by atoms with Gasteiger partial charge in [0.2, 0.25) is 0 Å². The number of hydrogen-bond acceptors (Lipinski definition) is 3. The van der Waals surface area contributed by atoms with Gasteiger partial charge in [0.15, 0.2) is 11.6 Å². The molecule has 0 radical (unpaired) electrons. The summed E-state index contributed by atoms with van der Waals surface area (Å²) in [5, 5.41) is 0. The first-order valence-corrected chi connectivity index (χ1v) is 9.16. The van der Waals surface area contributed by atoms with Crippen LogP contribution in [0.15, 0.2) is 12.1 Å². The zero-order valence-electron chi connectivity index (χ0n) is 13.6. The molecule has 0 heterocycles. The molecule has 0 saturated heterocycles. The fourth-order valence-corrected chi connectivity index (χ4v) is 4.81. The maximum absolute atomic E-state index is 13.7. The van der Waals surface area contributed by atoms with Gasteiger partial charge in [-0.15, -0.1) is 0 Å². The van der Waals surface area contributed by atoms with E-state index < -0.39 is 26.3 Å². The van der Waals surface area contributed by atoms with Gasteiger partial charge in [0.25, 0.3) is 0 Å². The summed E-state index contributed by atoms with van der Waals surface area (Å²) in [7, 11) is -1.53. The highest BCUT2D eigenvalue weighted by Crippen LogP contribution is 2.24. The van der Waals surface area contributed by atoms with Crippen LogP contribution in [0.1, 0.15) is 33.3 Å². The van der Waals surface area contributed by atoms with Crippen molar-refractivity contribution in [2.24, 2.45) is 0 Å². The Morgan fingerprint density at radius 1 is 0.909 bits per heavy atom. The van der Waals surface area contributed by atoms with Crippen LogP contribution in [0, 0.1) is 17.5 Å². The van der Waals surface area contributed by atoms with E-state index in [4.69, 9.17) is 13.3 Å². The molecule has 0 unspecified atom stereocenters. The molecule has 0 aliphatic carbocycles. The molecule has 0 fully saturated rings. The summed E-state index contributed by atoms with van der Waals surface area (Å²) in [4.78, 5) is 0. The fourth-order valence-electron chi connectivity index (χ4n) is 2.11. The summed E-state index contributed by atoms with van der Waals surface area (Å²) in [6.07, 6.45) is -0.108. The molecule has 0 N–H and O–H groups in total. The molecule has 3 nitrogen and oxygen atoms in total. The van der Waals surface area contributed by atoms with E-state index >= 15 is 0 Å². The van der Waals surface area contributed by atoms with Crippen LogP contribution in [0.3, 0.4) is 0 Å². The predicted molar refractivity (Wildman–Crippen MR) is 80.0 cm³/mol. The van der Waals surface area contributed by atoms with Crippen molar-refractivity contribution in [1.82, 2.24) is 0 Å². The first-order valence-electron chi connectivity index (χ1n) is 7.23. The molecule has 22 heavy (non-hydrogen) atoms. The molecule has 0 saturated carbocycles. The Kier molecular flexibility index (Phi) is 7.05. The fraction of sp³-hybridized carbons (Fsp3) is 0.600. The maximum atomic E-state index is 13.7. The molecule has 0 bridgehead atoms. The molecule has 1 rings (SSSR count). The number of aryl methyl sites for hydroxylation is 1. The van der Waals surface area contributed by atoms with Crippen LogP contribution < -0.4 is 0 Å². The van der Waals surface area contributed by atoms with Crippen LogP contribution in [-0.4, -0.2) is 28.1 Å². The van der Waals surface area contributed by atoms with Crippen molar-refractivity contribution in [1.29, 1.82) is 0 Å². The highest BCUT2D eigenvalue weighted by molar-refractivity contribution is 6.60. The lowest BCUT2D eigenvalue weighted by Gasteiger charge is -2.31. The first-order chi connectivity index (χ1) is 10.2. The second-order valence-electron chi connectivity index (χ2n) is 5.58. The molecule has 1 aromatic rings. The third-order valence-electron chi connectivity index (χ3n) is 2.93. The minimum Gasteiger partial charge on any atom is -0.377 e. The Balaban J connectivity index is 2.93. The lowest BCUT2D eigenvalue weighted by molar-refractivity contribution is 0.0329. The molecule has 1 aromatic carbocycles. The van der Waals surface area contributed by atoms with E-state index in [1.165, 1.54) is 7.11 Å². The smallest absolute Gasteiger partial charge is 0.377 e. The van der Waals surface area contributed by atoms with Crippen molar-refractivity contribution < 1.29 is 26.4 Å². The van der Waals surface area contributed by atoms with Crippen LogP contribution in [0.25, 0.3) is 0 Å². The number of halogens is 3. The lowest BCUT2D eigenvalue weighted by atomic mass is 10.1. The van der Waals surface area contributed by atoms with Crippen LogP contribution in [0.4, 0.5) is 13.2 Å². The van der Waals surface area contributed by atoms with Crippen molar-refractivity contribution in [2.75, 3.05) is 7.11 Å². The third kappa shape index (κ3) is 5.39. The van der Waals surface area contributed by atoms with Crippen LogP contribution in [-0.2, 0) is 19.7 Å². The van der Waals surface area contributed by atoms with E-state index in [-0.39, 0.29) is 30.2 Å². The molecule has 0 aliphatic heterocycles. The van der Waals surface area contributed by atoms with Crippen molar-refractivity contribution in [3.63, 3.8) is 0 Å². The average molecular weight is 336 g/mol.